The van der Waals surface area contributed by atoms with Crippen LogP contribution < -0.4 is 0 Å². The van der Waals surface area contributed by atoms with Crippen LogP contribution in [0.4, 0.5) is 0 Å². The van der Waals surface area contributed by atoms with E-state index in [0.29, 0.717) is 25.8 Å². The van der Waals surface area contributed by atoms with E-state index in [1.807, 2.05) is 19.3 Å². The quantitative estimate of drug-likeness (QED) is 0.527. The standard InChI is InChI=1S/C16H28N2O2/c1-5-10-20-13-16(19)12-18(14(3)6-2)11-15-8-7-9-17(15)4/h5,7-9,14,16,19H,1,6,10-13H2,2-4H3/t14-,16+/m1/s1. The SMILES string of the molecule is C=CCOC[C@@H](O)CN(Cc1cccn1C)[C@H](C)CC. The zero-order valence-corrected chi connectivity index (χ0v) is 13.0. The molecule has 0 unspecified atom stereocenters. The maximum atomic E-state index is 10.1. The highest BCUT2D eigenvalue weighted by Gasteiger charge is 2.18. The van der Waals surface area contributed by atoms with Crippen molar-refractivity contribution < 1.29 is 9.84 Å². The van der Waals surface area contributed by atoms with Crippen LogP contribution in [0.25, 0.3) is 0 Å². The molecule has 0 aliphatic heterocycles. The van der Waals surface area contributed by atoms with E-state index in [2.05, 4.69) is 36.0 Å². The molecule has 1 heterocycles. The zero-order chi connectivity index (χ0) is 15.0. The van der Waals surface area contributed by atoms with E-state index in [9.17, 15) is 5.11 Å². The van der Waals surface area contributed by atoms with Crippen molar-refractivity contribution in [2.75, 3.05) is 19.8 Å². The molecule has 0 bridgehead atoms. The number of nitrogens with zero attached hydrogens (tertiary/aromatic N) is 2. The predicted molar refractivity (Wildman–Crippen MR) is 82.6 cm³/mol. The Morgan fingerprint density at radius 2 is 2.30 bits per heavy atom. The van der Waals surface area contributed by atoms with Gasteiger partial charge in [-0.1, -0.05) is 13.0 Å². The van der Waals surface area contributed by atoms with Crippen LogP contribution in [-0.4, -0.2) is 46.5 Å². The van der Waals surface area contributed by atoms with Crippen molar-refractivity contribution in [2.24, 2.45) is 7.05 Å². The molecule has 1 N–H and O–H groups in total. The Morgan fingerprint density at radius 1 is 1.55 bits per heavy atom. The molecule has 20 heavy (non-hydrogen) atoms. The van der Waals surface area contributed by atoms with Crippen molar-refractivity contribution in [1.29, 1.82) is 0 Å². The second-order valence-corrected chi connectivity index (χ2v) is 5.28. The fourth-order valence-corrected chi connectivity index (χ4v) is 2.14. The summed E-state index contributed by atoms with van der Waals surface area (Å²) in [5.74, 6) is 0. The first-order valence-corrected chi connectivity index (χ1v) is 7.29. The summed E-state index contributed by atoms with van der Waals surface area (Å²) in [6, 6.07) is 4.60. The number of hydrogen-bond acceptors (Lipinski definition) is 3. The van der Waals surface area contributed by atoms with Crippen molar-refractivity contribution in [3.05, 3.63) is 36.7 Å². The molecule has 2 atom stereocenters. The normalized spacial score (nSPS) is 14.4. The molecule has 0 radical (unpaired) electrons. The number of hydrogen-bond donors (Lipinski definition) is 1. The smallest absolute Gasteiger partial charge is 0.0900 e. The summed E-state index contributed by atoms with van der Waals surface area (Å²) in [6.07, 6.45) is 4.34. The van der Waals surface area contributed by atoms with Crippen LogP contribution in [0.1, 0.15) is 26.0 Å². The second-order valence-electron chi connectivity index (χ2n) is 5.28. The lowest BCUT2D eigenvalue weighted by Crippen LogP contribution is -2.40. The first-order valence-electron chi connectivity index (χ1n) is 7.29. The molecular formula is C16H28N2O2. The molecule has 0 amide bonds. The first kappa shape index (κ1) is 17.0. The molecule has 1 aromatic heterocycles. The minimum absolute atomic E-state index is 0.353. The summed E-state index contributed by atoms with van der Waals surface area (Å²) in [4.78, 5) is 2.30. The van der Waals surface area contributed by atoms with Gasteiger partial charge in [0.15, 0.2) is 0 Å². The van der Waals surface area contributed by atoms with E-state index in [1.54, 1.807) is 6.08 Å². The second kappa shape index (κ2) is 8.95. The molecule has 4 nitrogen and oxygen atoms in total. The van der Waals surface area contributed by atoms with Crippen molar-refractivity contribution in [2.45, 2.75) is 39.0 Å². The minimum Gasteiger partial charge on any atom is -0.389 e. The lowest BCUT2D eigenvalue weighted by atomic mass is 10.2. The van der Waals surface area contributed by atoms with Gasteiger partial charge in [0.2, 0.25) is 0 Å². The van der Waals surface area contributed by atoms with Gasteiger partial charge >= 0.3 is 0 Å². The van der Waals surface area contributed by atoms with E-state index in [1.165, 1.54) is 5.69 Å². The van der Waals surface area contributed by atoms with Crippen LogP contribution in [0.5, 0.6) is 0 Å². The van der Waals surface area contributed by atoms with Crippen LogP contribution >= 0.6 is 0 Å². The Bertz CT molecular complexity index is 390. The van der Waals surface area contributed by atoms with Crippen molar-refractivity contribution in [1.82, 2.24) is 9.47 Å². The summed E-state index contributed by atoms with van der Waals surface area (Å²) >= 11 is 0. The molecule has 0 fully saturated rings. The van der Waals surface area contributed by atoms with Crippen LogP contribution in [0, 0.1) is 0 Å². The molecule has 114 valence electrons. The van der Waals surface area contributed by atoms with Gasteiger partial charge in [-0.3, -0.25) is 4.90 Å². The third kappa shape index (κ3) is 5.49. The molecule has 4 heteroatoms. The maximum absolute atomic E-state index is 10.1. The molecule has 0 spiro atoms. The largest absolute Gasteiger partial charge is 0.389 e. The van der Waals surface area contributed by atoms with Gasteiger partial charge in [-0.25, -0.2) is 0 Å². The highest BCUT2D eigenvalue weighted by Crippen LogP contribution is 2.11. The van der Waals surface area contributed by atoms with Crippen molar-refractivity contribution in [3.63, 3.8) is 0 Å². The number of aliphatic hydroxyl groups is 1. The topological polar surface area (TPSA) is 37.6 Å². The number of ether oxygens (including phenoxy) is 1. The summed E-state index contributed by atoms with van der Waals surface area (Å²) in [5.41, 5.74) is 1.25. The molecule has 0 aliphatic rings. The maximum Gasteiger partial charge on any atom is 0.0900 e. The molecule has 0 aliphatic carbocycles. The van der Waals surface area contributed by atoms with Gasteiger partial charge in [0.25, 0.3) is 0 Å². The number of aromatic nitrogens is 1. The van der Waals surface area contributed by atoms with Gasteiger partial charge < -0.3 is 14.4 Å². The zero-order valence-electron chi connectivity index (χ0n) is 13.0. The lowest BCUT2D eigenvalue weighted by molar-refractivity contribution is 0.0152. The molecule has 0 aromatic carbocycles. The van der Waals surface area contributed by atoms with Gasteiger partial charge in [0.1, 0.15) is 0 Å². The average molecular weight is 280 g/mol. The Balaban J connectivity index is 2.56. The van der Waals surface area contributed by atoms with Gasteiger partial charge in [-0.2, -0.15) is 0 Å². The predicted octanol–water partition coefficient (Wildman–Crippen LogP) is 2.19. The van der Waals surface area contributed by atoms with E-state index in [0.717, 1.165) is 13.0 Å². The Hall–Kier alpha value is -1.10. The highest BCUT2D eigenvalue weighted by molar-refractivity contribution is 5.06. The van der Waals surface area contributed by atoms with Crippen LogP contribution in [0.3, 0.4) is 0 Å². The van der Waals surface area contributed by atoms with E-state index < -0.39 is 6.10 Å². The number of rotatable bonds is 10. The number of aliphatic hydroxyl groups excluding tert-OH is 1. The van der Waals surface area contributed by atoms with Crippen molar-refractivity contribution in [3.8, 4) is 0 Å². The molecular weight excluding hydrogens is 252 g/mol. The van der Waals surface area contributed by atoms with Crippen LogP contribution in [0.15, 0.2) is 31.0 Å². The Kier molecular flexibility index (Phi) is 7.59. The Morgan fingerprint density at radius 3 is 2.85 bits per heavy atom. The monoisotopic (exact) mass is 280 g/mol. The van der Waals surface area contributed by atoms with Gasteiger partial charge in [0, 0.05) is 38.1 Å². The molecule has 1 rings (SSSR count). The third-order valence-electron chi connectivity index (χ3n) is 3.62. The summed E-state index contributed by atoms with van der Waals surface area (Å²) < 4.78 is 7.44. The van der Waals surface area contributed by atoms with Gasteiger partial charge in [-0.15, -0.1) is 6.58 Å². The lowest BCUT2D eigenvalue weighted by Gasteiger charge is -2.30. The molecule has 0 saturated heterocycles. The first-order chi connectivity index (χ1) is 9.58. The highest BCUT2D eigenvalue weighted by atomic mass is 16.5. The third-order valence-corrected chi connectivity index (χ3v) is 3.62. The average Bonchev–Trinajstić information content (AvgIpc) is 2.83. The van der Waals surface area contributed by atoms with Gasteiger partial charge in [0.05, 0.1) is 19.3 Å². The molecule has 0 saturated carbocycles. The van der Waals surface area contributed by atoms with E-state index >= 15 is 0 Å². The fraction of sp³-hybridized carbons (Fsp3) is 0.625. The van der Waals surface area contributed by atoms with Crippen molar-refractivity contribution >= 4 is 0 Å². The van der Waals surface area contributed by atoms with E-state index in [4.69, 9.17) is 4.74 Å². The van der Waals surface area contributed by atoms with Crippen LogP contribution in [-0.2, 0) is 18.3 Å². The summed E-state index contributed by atoms with van der Waals surface area (Å²) in [6.45, 7) is 10.3. The Labute approximate surface area is 122 Å². The minimum atomic E-state index is -0.468. The molecule has 1 aromatic rings. The van der Waals surface area contributed by atoms with Crippen LogP contribution in [0.2, 0.25) is 0 Å². The fourth-order valence-electron chi connectivity index (χ4n) is 2.14. The van der Waals surface area contributed by atoms with Gasteiger partial charge in [-0.05, 0) is 25.5 Å². The summed E-state index contributed by atoms with van der Waals surface area (Å²) in [7, 11) is 2.05. The summed E-state index contributed by atoms with van der Waals surface area (Å²) in [5, 5.41) is 10.1. The van der Waals surface area contributed by atoms with E-state index in [-0.39, 0.29) is 0 Å². The number of aryl methyl sites for hydroxylation is 1.